The lowest BCUT2D eigenvalue weighted by atomic mass is 10.1. The first-order valence-electron chi connectivity index (χ1n) is 8.33. The largest absolute Gasteiger partial charge is 0.369 e. The van der Waals surface area contributed by atoms with Gasteiger partial charge in [-0.25, -0.2) is 9.69 Å². The van der Waals surface area contributed by atoms with E-state index < -0.39 is 17.8 Å². The van der Waals surface area contributed by atoms with E-state index in [4.69, 9.17) is 11.6 Å². The minimum Gasteiger partial charge on any atom is -0.369 e. The smallest absolute Gasteiger partial charge is 0.335 e. The number of nitrogens with zero attached hydrogens (tertiary/aromatic N) is 4. The predicted octanol–water partition coefficient (Wildman–Crippen LogP) is 1.54. The highest BCUT2D eigenvalue weighted by atomic mass is 35.5. The van der Waals surface area contributed by atoms with Gasteiger partial charge in [-0.15, -0.1) is 0 Å². The molecular formula is C17H21ClN4O3. The maximum Gasteiger partial charge on any atom is 0.335 e. The van der Waals surface area contributed by atoms with Crippen LogP contribution in [0.15, 0.2) is 18.2 Å². The van der Waals surface area contributed by atoms with Crippen LogP contribution in [0.4, 0.5) is 10.5 Å². The van der Waals surface area contributed by atoms with E-state index in [1.54, 1.807) is 6.92 Å². The summed E-state index contributed by atoms with van der Waals surface area (Å²) in [5, 5.41) is 0.703. The highest BCUT2D eigenvalue weighted by Crippen LogP contribution is 2.25. The van der Waals surface area contributed by atoms with Gasteiger partial charge in [0.2, 0.25) is 0 Å². The van der Waals surface area contributed by atoms with Crippen molar-refractivity contribution in [3.05, 3.63) is 28.8 Å². The molecule has 0 aromatic heterocycles. The van der Waals surface area contributed by atoms with Gasteiger partial charge in [0.1, 0.15) is 0 Å². The summed E-state index contributed by atoms with van der Waals surface area (Å²) in [7, 11) is 0. The van der Waals surface area contributed by atoms with Gasteiger partial charge in [0, 0.05) is 43.4 Å². The lowest BCUT2D eigenvalue weighted by molar-refractivity contribution is -0.143. The quantitative estimate of drug-likeness (QED) is 0.599. The maximum absolute atomic E-state index is 12.2. The van der Waals surface area contributed by atoms with Gasteiger partial charge in [-0.2, -0.15) is 0 Å². The SMILES string of the molecule is CCN1C(=O)C(=O)N(CN2CCN(c3cc(Cl)ccc3C)CC2)C1=O. The second kappa shape index (κ2) is 7.01. The van der Waals surface area contributed by atoms with E-state index in [1.165, 1.54) is 0 Å². The zero-order valence-electron chi connectivity index (χ0n) is 14.4. The van der Waals surface area contributed by atoms with Crippen LogP contribution in [0.2, 0.25) is 5.02 Å². The predicted molar refractivity (Wildman–Crippen MR) is 94.5 cm³/mol. The van der Waals surface area contributed by atoms with Crippen molar-refractivity contribution in [1.29, 1.82) is 0 Å². The van der Waals surface area contributed by atoms with Crippen LogP contribution in [0.1, 0.15) is 12.5 Å². The first-order chi connectivity index (χ1) is 11.9. The Morgan fingerprint density at radius 2 is 1.64 bits per heavy atom. The van der Waals surface area contributed by atoms with Crippen molar-refractivity contribution in [1.82, 2.24) is 14.7 Å². The maximum atomic E-state index is 12.2. The van der Waals surface area contributed by atoms with Crippen molar-refractivity contribution in [2.45, 2.75) is 13.8 Å². The molecule has 134 valence electrons. The van der Waals surface area contributed by atoms with Gasteiger partial charge in [0.05, 0.1) is 6.67 Å². The van der Waals surface area contributed by atoms with E-state index in [-0.39, 0.29) is 13.2 Å². The van der Waals surface area contributed by atoms with E-state index >= 15 is 0 Å². The molecule has 2 saturated heterocycles. The third-order valence-corrected chi connectivity index (χ3v) is 4.91. The summed E-state index contributed by atoms with van der Waals surface area (Å²) in [4.78, 5) is 42.2. The molecule has 2 heterocycles. The van der Waals surface area contributed by atoms with Gasteiger partial charge in [-0.1, -0.05) is 17.7 Å². The first kappa shape index (κ1) is 17.7. The fourth-order valence-electron chi connectivity index (χ4n) is 3.21. The molecule has 7 nitrogen and oxygen atoms in total. The Balaban J connectivity index is 1.62. The van der Waals surface area contributed by atoms with Crippen LogP contribution in [-0.4, -0.2) is 71.9 Å². The highest BCUT2D eigenvalue weighted by molar-refractivity contribution is 6.44. The fourth-order valence-corrected chi connectivity index (χ4v) is 3.37. The normalized spacial score (nSPS) is 19.3. The van der Waals surface area contributed by atoms with Gasteiger partial charge < -0.3 is 4.90 Å². The van der Waals surface area contributed by atoms with Crippen LogP contribution >= 0.6 is 11.6 Å². The number of piperazine rings is 1. The molecule has 4 amide bonds. The second-order valence-electron chi connectivity index (χ2n) is 6.24. The third kappa shape index (κ3) is 3.34. The molecule has 2 aliphatic heterocycles. The number of carbonyl (C=O) groups is 3. The first-order valence-corrected chi connectivity index (χ1v) is 8.71. The van der Waals surface area contributed by atoms with Gasteiger partial charge in [0.25, 0.3) is 0 Å². The van der Waals surface area contributed by atoms with Crippen molar-refractivity contribution in [3.8, 4) is 0 Å². The van der Waals surface area contributed by atoms with E-state index in [2.05, 4.69) is 4.90 Å². The summed E-state index contributed by atoms with van der Waals surface area (Å²) in [6.45, 7) is 7.02. The van der Waals surface area contributed by atoms with E-state index in [1.807, 2.05) is 30.0 Å². The molecule has 0 unspecified atom stereocenters. The molecule has 0 bridgehead atoms. The third-order valence-electron chi connectivity index (χ3n) is 4.68. The number of urea groups is 1. The zero-order valence-corrected chi connectivity index (χ0v) is 15.1. The number of likely N-dealkylation sites (N-methyl/N-ethyl adjacent to an activating group) is 1. The van der Waals surface area contributed by atoms with Crippen molar-refractivity contribution in [3.63, 3.8) is 0 Å². The Morgan fingerprint density at radius 3 is 2.24 bits per heavy atom. The Hall–Kier alpha value is -2.12. The Labute approximate surface area is 151 Å². The fraction of sp³-hybridized carbons (Fsp3) is 0.471. The number of hydrogen-bond donors (Lipinski definition) is 0. The van der Waals surface area contributed by atoms with Crippen LogP contribution < -0.4 is 4.90 Å². The zero-order chi connectivity index (χ0) is 18.1. The Morgan fingerprint density at radius 1 is 1.00 bits per heavy atom. The van der Waals surface area contributed by atoms with Gasteiger partial charge in [-0.05, 0) is 31.5 Å². The lowest BCUT2D eigenvalue weighted by Gasteiger charge is -2.37. The molecule has 1 aromatic rings. The molecule has 0 N–H and O–H groups in total. The average Bonchev–Trinajstić information content (AvgIpc) is 2.81. The molecule has 2 fully saturated rings. The van der Waals surface area contributed by atoms with Gasteiger partial charge >= 0.3 is 17.8 Å². The molecule has 0 saturated carbocycles. The van der Waals surface area contributed by atoms with Gasteiger partial charge in [0.15, 0.2) is 0 Å². The van der Waals surface area contributed by atoms with E-state index in [9.17, 15) is 14.4 Å². The van der Waals surface area contributed by atoms with Crippen LogP contribution in [0, 0.1) is 6.92 Å². The summed E-state index contributed by atoms with van der Waals surface area (Å²) in [6, 6.07) is 5.30. The molecule has 8 heteroatoms. The van der Waals surface area contributed by atoms with Crippen LogP contribution in [0.25, 0.3) is 0 Å². The Kier molecular flexibility index (Phi) is 4.96. The summed E-state index contributed by atoms with van der Waals surface area (Å²) in [6.07, 6.45) is 0. The van der Waals surface area contributed by atoms with Crippen LogP contribution in [0.5, 0.6) is 0 Å². The molecule has 0 radical (unpaired) electrons. The second-order valence-corrected chi connectivity index (χ2v) is 6.68. The van der Waals surface area contributed by atoms with Crippen molar-refractivity contribution in [2.24, 2.45) is 0 Å². The number of amides is 4. The van der Waals surface area contributed by atoms with Crippen molar-refractivity contribution in [2.75, 3.05) is 44.3 Å². The minimum absolute atomic E-state index is 0.155. The number of benzene rings is 1. The molecule has 25 heavy (non-hydrogen) atoms. The van der Waals surface area contributed by atoms with Crippen LogP contribution in [0.3, 0.4) is 0 Å². The van der Waals surface area contributed by atoms with Gasteiger partial charge in [-0.3, -0.25) is 19.4 Å². The summed E-state index contributed by atoms with van der Waals surface area (Å²) in [5.74, 6) is -1.47. The molecule has 2 aliphatic rings. The molecule has 3 rings (SSSR count). The number of imide groups is 2. The highest BCUT2D eigenvalue weighted by Gasteiger charge is 2.44. The van der Waals surface area contributed by atoms with Crippen molar-refractivity contribution < 1.29 is 14.4 Å². The number of anilines is 1. The molecular weight excluding hydrogens is 344 g/mol. The summed E-state index contributed by atoms with van der Waals surface area (Å²) >= 11 is 6.10. The number of rotatable bonds is 4. The topological polar surface area (TPSA) is 64.2 Å². The van der Waals surface area contributed by atoms with E-state index in [0.717, 1.165) is 34.1 Å². The number of aryl methyl sites for hydroxylation is 1. The van der Waals surface area contributed by atoms with E-state index in [0.29, 0.717) is 18.1 Å². The molecule has 0 spiro atoms. The Bertz CT molecular complexity index is 716. The average molecular weight is 365 g/mol. The lowest BCUT2D eigenvalue weighted by Crippen LogP contribution is -2.51. The summed E-state index contributed by atoms with van der Waals surface area (Å²) in [5.41, 5.74) is 2.26. The van der Waals surface area contributed by atoms with Crippen molar-refractivity contribution >= 4 is 35.1 Å². The number of carbonyl (C=O) groups excluding carboxylic acids is 3. The minimum atomic E-state index is -0.736. The number of hydrogen-bond acceptors (Lipinski definition) is 5. The number of halogens is 1. The standard InChI is InChI=1S/C17H21ClN4O3/c1-3-21-15(23)16(24)22(17(21)25)11-19-6-8-20(9-7-19)14-10-13(18)5-4-12(14)2/h4-5,10H,3,6-9,11H2,1-2H3. The monoisotopic (exact) mass is 364 g/mol. The molecule has 1 aromatic carbocycles. The summed E-state index contributed by atoms with van der Waals surface area (Å²) < 4.78 is 0. The van der Waals surface area contributed by atoms with Crippen LogP contribution in [-0.2, 0) is 9.59 Å². The molecule has 0 atom stereocenters. The molecule has 0 aliphatic carbocycles.